The number of carbonyl (C=O) groups excluding carboxylic acids is 1. The SMILES string of the molecule is O=C(NC[C@H]1CCCO1)c1ccccc1OCc1ccccc1. The third kappa shape index (κ3) is 4.33. The monoisotopic (exact) mass is 311 g/mol. The van der Waals surface area contributed by atoms with Crippen LogP contribution in [0.4, 0.5) is 0 Å². The standard InChI is InChI=1S/C19H21NO3/c21-19(20-13-16-9-6-12-22-16)17-10-4-5-11-18(17)23-14-15-7-2-1-3-8-15/h1-5,7-8,10-11,16H,6,9,12-14H2,(H,20,21)/t16-/m1/s1. The van der Waals surface area contributed by atoms with Gasteiger partial charge in [-0.05, 0) is 30.5 Å². The topological polar surface area (TPSA) is 47.6 Å². The van der Waals surface area contributed by atoms with Crippen LogP contribution in [0, 0.1) is 0 Å². The molecule has 1 heterocycles. The maximum Gasteiger partial charge on any atom is 0.255 e. The molecular weight excluding hydrogens is 290 g/mol. The zero-order valence-corrected chi connectivity index (χ0v) is 13.0. The number of amides is 1. The number of hydrogen-bond acceptors (Lipinski definition) is 3. The second-order valence-electron chi connectivity index (χ2n) is 5.62. The number of hydrogen-bond donors (Lipinski definition) is 1. The van der Waals surface area contributed by atoms with Crippen LogP contribution in [-0.2, 0) is 11.3 Å². The van der Waals surface area contributed by atoms with Crippen LogP contribution in [0.2, 0.25) is 0 Å². The molecular formula is C19H21NO3. The molecule has 0 aromatic heterocycles. The largest absolute Gasteiger partial charge is 0.488 e. The molecule has 0 unspecified atom stereocenters. The van der Waals surface area contributed by atoms with Gasteiger partial charge in [-0.3, -0.25) is 4.79 Å². The van der Waals surface area contributed by atoms with Crippen molar-refractivity contribution in [2.75, 3.05) is 13.2 Å². The molecule has 0 bridgehead atoms. The van der Waals surface area contributed by atoms with Crippen molar-refractivity contribution in [3.63, 3.8) is 0 Å². The molecule has 1 aliphatic rings. The Morgan fingerprint density at radius 3 is 2.70 bits per heavy atom. The predicted molar refractivity (Wildman–Crippen MR) is 88.5 cm³/mol. The van der Waals surface area contributed by atoms with Crippen molar-refractivity contribution in [2.45, 2.75) is 25.6 Å². The lowest BCUT2D eigenvalue weighted by Crippen LogP contribution is -2.32. The van der Waals surface area contributed by atoms with Crippen LogP contribution in [0.5, 0.6) is 5.75 Å². The molecule has 120 valence electrons. The fourth-order valence-corrected chi connectivity index (χ4v) is 2.62. The van der Waals surface area contributed by atoms with E-state index in [-0.39, 0.29) is 12.0 Å². The van der Waals surface area contributed by atoms with E-state index < -0.39 is 0 Å². The minimum Gasteiger partial charge on any atom is -0.488 e. The minimum absolute atomic E-state index is 0.121. The Morgan fingerprint density at radius 1 is 1.13 bits per heavy atom. The Hall–Kier alpha value is -2.33. The van der Waals surface area contributed by atoms with E-state index in [1.165, 1.54) is 0 Å². The first-order chi connectivity index (χ1) is 11.3. The molecule has 0 spiro atoms. The van der Waals surface area contributed by atoms with E-state index in [0.717, 1.165) is 25.0 Å². The molecule has 0 radical (unpaired) electrons. The fourth-order valence-electron chi connectivity index (χ4n) is 2.62. The van der Waals surface area contributed by atoms with E-state index in [9.17, 15) is 4.79 Å². The number of benzene rings is 2. The summed E-state index contributed by atoms with van der Waals surface area (Å²) in [6.07, 6.45) is 2.21. The maximum absolute atomic E-state index is 12.4. The Balaban J connectivity index is 1.61. The molecule has 1 aliphatic heterocycles. The van der Waals surface area contributed by atoms with Gasteiger partial charge in [-0.2, -0.15) is 0 Å². The van der Waals surface area contributed by atoms with Crippen LogP contribution < -0.4 is 10.1 Å². The molecule has 1 atom stereocenters. The Labute approximate surface area is 136 Å². The van der Waals surface area contributed by atoms with Crippen molar-refractivity contribution in [3.05, 3.63) is 65.7 Å². The van der Waals surface area contributed by atoms with Gasteiger partial charge in [0.15, 0.2) is 0 Å². The normalized spacial score (nSPS) is 17.0. The van der Waals surface area contributed by atoms with Gasteiger partial charge in [0.05, 0.1) is 11.7 Å². The lowest BCUT2D eigenvalue weighted by molar-refractivity contribution is 0.0854. The van der Waals surface area contributed by atoms with E-state index in [1.54, 1.807) is 6.07 Å². The lowest BCUT2D eigenvalue weighted by Gasteiger charge is -2.14. The molecule has 0 saturated carbocycles. The first-order valence-corrected chi connectivity index (χ1v) is 7.98. The van der Waals surface area contributed by atoms with E-state index in [0.29, 0.717) is 24.5 Å². The third-order valence-corrected chi connectivity index (χ3v) is 3.88. The van der Waals surface area contributed by atoms with Crippen LogP contribution in [0.25, 0.3) is 0 Å². The molecule has 1 amide bonds. The van der Waals surface area contributed by atoms with Gasteiger partial charge >= 0.3 is 0 Å². The van der Waals surface area contributed by atoms with Gasteiger partial charge in [-0.25, -0.2) is 0 Å². The first kappa shape index (κ1) is 15.6. The molecule has 3 rings (SSSR count). The summed E-state index contributed by atoms with van der Waals surface area (Å²) in [5, 5.41) is 2.94. The highest BCUT2D eigenvalue weighted by molar-refractivity contribution is 5.96. The molecule has 1 saturated heterocycles. The van der Waals surface area contributed by atoms with Gasteiger partial charge in [0.1, 0.15) is 12.4 Å². The number of ether oxygens (including phenoxy) is 2. The van der Waals surface area contributed by atoms with Gasteiger partial charge in [-0.15, -0.1) is 0 Å². The Kier molecular flexibility index (Phi) is 5.27. The highest BCUT2D eigenvalue weighted by atomic mass is 16.5. The smallest absolute Gasteiger partial charge is 0.255 e. The average Bonchev–Trinajstić information content (AvgIpc) is 3.12. The van der Waals surface area contributed by atoms with Crippen molar-refractivity contribution in [3.8, 4) is 5.75 Å². The summed E-state index contributed by atoms with van der Waals surface area (Å²) in [7, 11) is 0. The highest BCUT2D eigenvalue weighted by Crippen LogP contribution is 2.19. The molecule has 2 aromatic carbocycles. The molecule has 4 nitrogen and oxygen atoms in total. The van der Waals surface area contributed by atoms with E-state index >= 15 is 0 Å². The summed E-state index contributed by atoms with van der Waals surface area (Å²) < 4.78 is 11.4. The van der Waals surface area contributed by atoms with Gasteiger partial charge < -0.3 is 14.8 Å². The van der Waals surface area contributed by atoms with Gasteiger partial charge in [0, 0.05) is 13.2 Å². The summed E-state index contributed by atoms with van der Waals surface area (Å²) >= 11 is 0. The first-order valence-electron chi connectivity index (χ1n) is 7.98. The summed E-state index contributed by atoms with van der Waals surface area (Å²) in [6.45, 7) is 1.78. The fraction of sp³-hybridized carbons (Fsp3) is 0.316. The molecule has 4 heteroatoms. The number of nitrogens with one attached hydrogen (secondary N) is 1. The van der Waals surface area contributed by atoms with Crippen molar-refractivity contribution in [2.24, 2.45) is 0 Å². The lowest BCUT2D eigenvalue weighted by atomic mass is 10.1. The number of carbonyl (C=O) groups is 1. The third-order valence-electron chi connectivity index (χ3n) is 3.88. The Morgan fingerprint density at radius 2 is 1.91 bits per heavy atom. The van der Waals surface area contributed by atoms with Gasteiger partial charge in [0.2, 0.25) is 0 Å². The van der Waals surface area contributed by atoms with Gasteiger partial charge in [0.25, 0.3) is 5.91 Å². The van der Waals surface area contributed by atoms with E-state index in [4.69, 9.17) is 9.47 Å². The van der Waals surface area contributed by atoms with Crippen LogP contribution in [0.3, 0.4) is 0 Å². The molecule has 2 aromatic rings. The second kappa shape index (κ2) is 7.79. The van der Waals surface area contributed by atoms with Crippen molar-refractivity contribution in [1.82, 2.24) is 5.32 Å². The van der Waals surface area contributed by atoms with Crippen LogP contribution in [-0.4, -0.2) is 25.2 Å². The molecule has 23 heavy (non-hydrogen) atoms. The van der Waals surface area contributed by atoms with Crippen molar-refractivity contribution < 1.29 is 14.3 Å². The number of rotatable bonds is 6. The van der Waals surface area contributed by atoms with Crippen LogP contribution in [0.1, 0.15) is 28.8 Å². The maximum atomic E-state index is 12.4. The van der Waals surface area contributed by atoms with Crippen molar-refractivity contribution >= 4 is 5.91 Å². The van der Waals surface area contributed by atoms with Crippen LogP contribution >= 0.6 is 0 Å². The summed E-state index contributed by atoms with van der Waals surface area (Å²) in [5.41, 5.74) is 1.63. The van der Waals surface area contributed by atoms with Crippen LogP contribution in [0.15, 0.2) is 54.6 Å². The minimum atomic E-state index is -0.121. The molecule has 1 fully saturated rings. The highest BCUT2D eigenvalue weighted by Gasteiger charge is 2.18. The summed E-state index contributed by atoms with van der Waals surface area (Å²) in [4.78, 5) is 12.4. The van der Waals surface area contributed by atoms with E-state index in [2.05, 4.69) is 5.32 Å². The average molecular weight is 311 g/mol. The Bertz CT molecular complexity index is 636. The molecule has 1 N–H and O–H groups in total. The predicted octanol–water partition coefficient (Wildman–Crippen LogP) is 3.17. The second-order valence-corrected chi connectivity index (χ2v) is 5.62. The van der Waals surface area contributed by atoms with Crippen molar-refractivity contribution in [1.29, 1.82) is 0 Å². The molecule has 0 aliphatic carbocycles. The van der Waals surface area contributed by atoms with E-state index in [1.807, 2.05) is 48.5 Å². The number of para-hydroxylation sites is 1. The quantitative estimate of drug-likeness (QED) is 0.891. The summed E-state index contributed by atoms with van der Waals surface area (Å²) in [6, 6.07) is 17.2. The summed E-state index contributed by atoms with van der Waals surface area (Å²) in [5.74, 6) is 0.477. The zero-order valence-electron chi connectivity index (χ0n) is 13.0. The van der Waals surface area contributed by atoms with Gasteiger partial charge in [-0.1, -0.05) is 42.5 Å². The zero-order chi connectivity index (χ0) is 15.9.